The van der Waals surface area contributed by atoms with Gasteiger partial charge in [-0.15, -0.1) is 0 Å². The maximum Gasteiger partial charge on any atom is 0.321 e. The van der Waals surface area contributed by atoms with Gasteiger partial charge < -0.3 is 9.64 Å². The molecule has 1 aromatic heterocycles. The average Bonchev–Trinajstić information content (AvgIpc) is 2.71. The fourth-order valence-corrected chi connectivity index (χ4v) is 2.88. The van der Waals surface area contributed by atoms with Crippen molar-refractivity contribution in [2.45, 2.75) is 13.5 Å². The van der Waals surface area contributed by atoms with Crippen LogP contribution in [0.5, 0.6) is 5.75 Å². The summed E-state index contributed by atoms with van der Waals surface area (Å²) >= 11 is 0. The Balaban J connectivity index is 1.90. The minimum absolute atomic E-state index is 0.231. The van der Waals surface area contributed by atoms with E-state index in [4.69, 9.17) is 4.74 Å². The third-order valence-corrected chi connectivity index (χ3v) is 4.47. The molecule has 1 amide bonds. The molecule has 2 aromatic carbocycles. The summed E-state index contributed by atoms with van der Waals surface area (Å²) in [7, 11) is 3.13. The van der Waals surface area contributed by atoms with E-state index in [1.54, 1.807) is 31.3 Å². The van der Waals surface area contributed by atoms with Crippen LogP contribution in [0.4, 0.5) is 5.69 Å². The van der Waals surface area contributed by atoms with E-state index in [0.717, 1.165) is 15.8 Å². The second kappa shape index (κ2) is 7.96. The molecule has 0 bridgehead atoms. The highest BCUT2D eigenvalue weighted by Crippen LogP contribution is 2.20. The summed E-state index contributed by atoms with van der Waals surface area (Å²) in [5, 5.41) is 0. The van der Waals surface area contributed by atoms with Crippen LogP contribution in [0.15, 0.2) is 70.5 Å². The summed E-state index contributed by atoms with van der Waals surface area (Å²) in [6.45, 7) is 1.70. The van der Waals surface area contributed by atoms with Gasteiger partial charge in [-0.25, -0.2) is 0 Å². The predicted molar refractivity (Wildman–Crippen MR) is 107 cm³/mol. The molecule has 0 radical (unpaired) electrons. The van der Waals surface area contributed by atoms with Crippen LogP contribution < -0.4 is 20.8 Å². The third-order valence-electron chi connectivity index (χ3n) is 4.47. The van der Waals surface area contributed by atoms with Crippen LogP contribution in [0.2, 0.25) is 0 Å². The smallest absolute Gasteiger partial charge is 0.321 e. The van der Waals surface area contributed by atoms with Gasteiger partial charge in [-0.2, -0.15) is 0 Å². The molecule has 0 N–H and O–H groups in total. The lowest BCUT2D eigenvalue weighted by Gasteiger charge is -2.18. The number of methoxy groups -OCH3 is 1. The Kier molecular flexibility index (Phi) is 5.44. The predicted octanol–water partition coefficient (Wildman–Crippen LogP) is 1.98. The molecule has 0 spiro atoms. The molecule has 0 saturated heterocycles. The molecule has 0 aliphatic rings. The van der Waals surface area contributed by atoms with Crippen molar-refractivity contribution < 1.29 is 9.53 Å². The maximum atomic E-state index is 12.6. The highest BCUT2D eigenvalue weighted by Gasteiger charge is 2.15. The van der Waals surface area contributed by atoms with E-state index in [2.05, 4.69) is 0 Å². The van der Waals surface area contributed by atoms with Crippen LogP contribution >= 0.6 is 0 Å². The lowest BCUT2D eigenvalue weighted by Crippen LogP contribution is -2.43. The van der Waals surface area contributed by atoms with Crippen molar-refractivity contribution in [2.24, 2.45) is 0 Å². The van der Waals surface area contributed by atoms with Gasteiger partial charge in [-0.1, -0.05) is 24.3 Å². The first-order valence-electron chi connectivity index (χ1n) is 8.71. The topological polar surface area (TPSA) is 73.5 Å². The first-order valence-corrected chi connectivity index (χ1v) is 8.71. The van der Waals surface area contributed by atoms with E-state index >= 15 is 0 Å². The van der Waals surface area contributed by atoms with Crippen molar-refractivity contribution in [1.29, 1.82) is 0 Å². The van der Waals surface area contributed by atoms with Crippen molar-refractivity contribution in [1.82, 2.24) is 9.13 Å². The summed E-state index contributed by atoms with van der Waals surface area (Å²) in [6, 6.07) is 14.4. The Morgan fingerprint density at radius 1 is 1.04 bits per heavy atom. The molecule has 3 rings (SSSR count). The summed E-state index contributed by atoms with van der Waals surface area (Å²) in [4.78, 5) is 39.1. The maximum absolute atomic E-state index is 12.6. The number of rotatable bonds is 5. The standard InChI is InChI=1S/C21H21N3O4/c1-15-7-6-8-16(13-15)22(2)19(25)14-23-11-12-24(21(27)20(23)26)17-9-4-5-10-18(17)28-3/h4-13H,14H2,1-3H3. The molecular formula is C21H21N3O4. The Morgan fingerprint density at radius 2 is 1.79 bits per heavy atom. The van der Waals surface area contributed by atoms with E-state index in [9.17, 15) is 14.4 Å². The number of amides is 1. The Hall–Kier alpha value is -3.61. The molecule has 0 aliphatic heterocycles. The van der Waals surface area contributed by atoms with E-state index < -0.39 is 11.1 Å². The number of hydrogen-bond donors (Lipinski definition) is 0. The molecule has 144 valence electrons. The number of anilines is 1. The van der Waals surface area contributed by atoms with E-state index in [1.165, 1.54) is 29.0 Å². The van der Waals surface area contributed by atoms with Gasteiger partial charge in [0.15, 0.2) is 0 Å². The van der Waals surface area contributed by atoms with Gasteiger partial charge in [0.2, 0.25) is 5.91 Å². The molecule has 0 aliphatic carbocycles. The van der Waals surface area contributed by atoms with Crippen molar-refractivity contribution in [3.63, 3.8) is 0 Å². The Bertz CT molecular complexity index is 1130. The van der Waals surface area contributed by atoms with Gasteiger partial charge in [0.1, 0.15) is 12.3 Å². The van der Waals surface area contributed by atoms with Crippen molar-refractivity contribution in [2.75, 3.05) is 19.1 Å². The minimum Gasteiger partial charge on any atom is -0.495 e. The number of hydrogen-bond acceptors (Lipinski definition) is 4. The zero-order chi connectivity index (χ0) is 20.3. The van der Waals surface area contributed by atoms with Crippen LogP contribution in [-0.2, 0) is 11.3 Å². The van der Waals surface area contributed by atoms with Gasteiger partial charge in [0, 0.05) is 25.1 Å². The zero-order valence-corrected chi connectivity index (χ0v) is 16.0. The number of para-hydroxylation sites is 2. The zero-order valence-electron chi connectivity index (χ0n) is 16.0. The first-order chi connectivity index (χ1) is 13.4. The van der Waals surface area contributed by atoms with Crippen LogP contribution in [0, 0.1) is 6.92 Å². The number of aryl methyl sites for hydroxylation is 1. The number of likely N-dealkylation sites (N-methyl/N-ethyl adjacent to an activating group) is 1. The number of nitrogens with zero attached hydrogens (tertiary/aromatic N) is 3. The minimum atomic E-state index is -0.778. The molecule has 0 unspecified atom stereocenters. The van der Waals surface area contributed by atoms with Gasteiger partial charge in [0.05, 0.1) is 12.8 Å². The van der Waals surface area contributed by atoms with Gasteiger partial charge in [-0.3, -0.25) is 23.5 Å². The lowest BCUT2D eigenvalue weighted by molar-refractivity contribution is -0.118. The van der Waals surface area contributed by atoms with Crippen LogP contribution in [0.1, 0.15) is 5.56 Å². The number of carbonyl (C=O) groups is 1. The van der Waals surface area contributed by atoms with Crippen LogP contribution in [0.3, 0.4) is 0 Å². The highest BCUT2D eigenvalue weighted by molar-refractivity contribution is 5.92. The molecular weight excluding hydrogens is 358 g/mol. The Morgan fingerprint density at radius 3 is 2.50 bits per heavy atom. The molecule has 7 heteroatoms. The molecule has 0 atom stereocenters. The third kappa shape index (κ3) is 3.73. The average molecular weight is 379 g/mol. The fraction of sp³-hybridized carbons (Fsp3) is 0.190. The second-order valence-electron chi connectivity index (χ2n) is 6.37. The molecule has 1 heterocycles. The lowest BCUT2D eigenvalue weighted by atomic mass is 10.2. The molecule has 0 fully saturated rings. The van der Waals surface area contributed by atoms with Crippen molar-refractivity contribution in [3.8, 4) is 11.4 Å². The van der Waals surface area contributed by atoms with E-state index in [-0.39, 0.29) is 12.5 Å². The quantitative estimate of drug-likeness (QED) is 0.636. The summed E-state index contributed by atoms with van der Waals surface area (Å²) < 4.78 is 7.58. The first kappa shape index (κ1) is 19.2. The molecule has 7 nitrogen and oxygen atoms in total. The normalized spacial score (nSPS) is 10.5. The van der Waals surface area contributed by atoms with Crippen molar-refractivity contribution in [3.05, 3.63) is 87.2 Å². The van der Waals surface area contributed by atoms with E-state index in [1.807, 2.05) is 31.2 Å². The monoisotopic (exact) mass is 379 g/mol. The SMILES string of the molecule is COc1ccccc1-n1ccn(CC(=O)N(C)c2cccc(C)c2)c(=O)c1=O. The number of ether oxygens (including phenoxy) is 1. The van der Waals surface area contributed by atoms with Gasteiger partial charge in [-0.05, 0) is 36.8 Å². The fourth-order valence-electron chi connectivity index (χ4n) is 2.88. The highest BCUT2D eigenvalue weighted by atomic mass is 16.5. The molecule has 3 aromatic rings. The summed E-state index contributed by atoms with van der Waals surface area (Å²) in [5.74, 6) is 0.166. The Labute approximate surface area is 162 Å². The number of benzene rings is 2. The number of aromatic nitrogens is 2. The summed E-state index contributed by atoms with van der Waals surface area (Å²) in [6.07, 6.45) is 2.89. The van der Waals surface area contributed by atoms with E-state index in [0.29, 0.717) is 11.4 Å². The van der Waals surface area contributed by atoms with Crippen LogP contribution in [-0.4, -0.2) is 29.2 Å². The van der Waals surface area contributed by atoms with Gasteiger partial charge >= 0.3 is 11.1 Å². The largest absolute Gasteiger partial charge is 0.495 e. The second-order valence-corrected chi connectivity index (χ2v) is 6.37. The number of carbonyl (C=O) groups excluding carboxylic acids is 1. The summed E-state index contributed by atoms with van der Waals surface area (Å²) in [5.41, 5.74) is 0.675. The van der Waals surface area contributed by atoms with Crippen molar-refractivity contribution >= 4 is 11.6 Å². The molecule has 0 saturated carbocycles. The van der Waals surface area contributed by atoms with Gasteiger partial charge in [0.25, 0.3) is 0 Å². The molecule has 28 heavy (non-hydrogen) atoms. The van der Waals surface area contributed by atoms with Crippen LogP contribution in [0.25, 0.3) is 5.69 Å².